The minimum Gasteiger partial charge on any atom is -0.476 e. The molecule has 1 aliphatic heterocycles. The molecule has 1 saturated heterocycles. The van der Waals surface area contributed by atoms with Crippen LogP contribution in [0, 0.1) is 19.3 Å². The second kappa shape index (κ2) is 7.30. The van der Waals surface area contributed by atoms with Crippen molar-refractivity contribution in [3.05, 3.63) is 23.4 Å². The lowest BCUT2D eigenvalue weighted by molar-refractivity contribution is -0.131. The molecule has 128 valence electrons. The van der Waals surface area contributed by atoms with Crippen LogP contribution in [-0.4, -0.2) is 48.6 Å². The van der Waals surface area contributed by atoms with Gasteiger partial charge in [0, 0.05) is 17.8 Å². The number of carbonyl (C=O) groups excluding carboxylic acids is 1. The first kappa shape index (κ1) is 17.7. The van der Waals surface area contributed by atoms with E-state index in [2.05, 4.69) is 22.2 Å². The zero-order valence-corrected chi connectivity index (χ0v) is 15.0. The van der Waals surface area contributed by atoms with Gasteiger partial charge < -0.3 is 15.0 Å². The molecule has 0 saturated carbocycles. The molecule has 0 spiro atoms. The van der Waals surface area contributed by atoms with Crippen LogP contribution < -0.4 is 10.1 Å². The van der Waals surface area contributed by atoms with Crippen molar-refractivity contribution in [3.8, 4) is 5.88 Å². The molecule has 1 aliphatic rings. The van der Waals surface area contributed by atoms with Crippen molar-refractivity contribution in [1.29, 1.82) is 0 Å². The number of nitrogens with one attached hydrogen (secondary N) is 1. The van der Waals surface area contributed by atoms with Crippen LogP contribution in [-0.2, 0) is 4.79 Å². The predicted octanol–water partition coefficient (Wildman–Crippen LogP) is 2.31. The van der Waals surface area contributed by atoms with E-state index in [0.29, 0.717) is 12.5 Å². The van der Waals surface area contributed by atoms with Crippen LogP contribution in [0.3, 0.4) is 0 Å². The third-order valence-electron chi connectivity index (χ3n) is 4.41. The fourth-order valence-corrected chi connectivity index (χ4v) is 2.70. The summed E-state index contributed by atoms with van der Waals surface area (Å²) in [6, 6.07) is 2.31. The maximum absolute atomic E-state index is 12.5. The zero-order chi connectivity index (χ0) is 17.0. The average molecular weight is 319 g/mol. The summed E-state index contributed by atoms with van der Waals surface area (Å²) >= 11 is 0. The van der Waals surface area contributed by atoms with Gasteiger partial charge in [0.05, 0.1) is 5.41 Å². The summed E-state index contributed by atoms with van der Waals surface area (Å²) in [4.78, 5) is 19.1. The summed E-state index contributed by atoms with van der Waals surface area (Å²) in [5.41, 5.74) is 1.52. The standard InChI is InChI=1S/C18H29N3O2/c1-13-10-14(2)16(19-11-13)23-12-18(3,4)17(22)20-15-6-8-21(5)9-7-15/h10-11,15H,6-9,12H2,1-5H3,(H,20,22). The quantitative estimate of drug-likeness (QED) is 0.905. The molecule has 2 rings (SSSR count). The molecule has 0 unspecified atom stereocenters. The Morgan fingerprint density at radius 3 is 2.65 bits per heavy atom. The molecule has 2 heterocycles. The zero-order valence-electron chi connectivity index (χ0n) is 15.0. The van der Waals surface area contributed by atoms with Gasteiger partial charge in [-0.2, -0.15) is 0 Å². The number of amides is 1. The Morgan fingerprint density at radius 1 is 1.39 bits per heavy atom. The molecule has 1 N–H and O–H groups in total. The van der Waals surface area contributed by atoms with Gasteiger partial charge in [-0.05, 0) is 72.3 Å². The molecule has 0 bridgehead atoms. The minimum atomic E-state index is -0.581. The third-order valence-corrected chi connectivity index (χ3v) is 4.41. The number of ether oxygens (including phenoxy) is 1. The Kier molecular flexibility index (Phi) is 5.63. The largest absolute Gasteiger partial charge is 0.476 e. The molecule has 1 fully saturated rings. The number of hydrogen-bond acceptors (Lipinski definition) is 4. The van der Waals surface area contributed by atoms with Gasteiger partial charge >= 0.3 is 0 Å². The second-order valence-corrected chi connectivity index (χ2v) is 7.36. The van der Waals surface area contributed by atoms with Crippen LogP contribution in [0.1, 0.15) is 37.8 Å². The van der Waals surface area contributed by atoms with Crippen molar-refractivity contribution < 1.29 is 9.53 Å². The first-order valence-electron chi connectivity index (χ1n) is 8.33. The van der Waals surface area contributed by atoms with E-state index in [9.17, 15) is 4.79 Å². The van der Waals surface area contributed by atoms with Crippen molar-refractivity contribution in [1.82, 2.24) is 15.2 Å². The summed E-state index contributed by atoms with van der Waals surface area (Å²) in [6.45, 7) is 10.2. The molecule has 1 aromatic heterocycles. The molecule has 0 aromatic carbocycles. The van der Waals surface area contributed by atoms with Crippen molar-refractivity contribution in [2.24, 2.45) is 5.41 Å². The van der Waals surface area contributed by atoms with E-state index in [-0.39, 0.29) is 11.9 Å². The number of piperidine rings is 1. The molecular formula is C18H29N3O2. The van der Waals surface area contributed by atoms with Gasteiger partial charge in [-0.3, -0.25) is 4.79 Å². The van der Waals surface area contributed by atoms with Gasteiger partial charge in [0.1, 0.15) is 6.61 Å². The summed E-state index contributed by atoms with van der Waals surface area (Å²) in [5, 5.41) is 3.17. The maximum Gasteiger partial charge on any atom is 0.229 e. The Labute approximate surface area is 139 Å². The normalized spacial score (nSPS) is 17.1. The van der Waals surface area contributed by atoms with Crippen molar-refractivity contribution >= 4 is 5.91 Å². The SMILES string of the molecule is Cc1cnc(OCC(C)(C)C(=O)NC2CCN(C)CC2)c(C)c1. The molecule has 0 atom stereocenters. The van der Waals surface area contributed by atoms with Gasteiger partial charge in [0.25, 0.3) is 0 Å². The topological polar surface area (TPSA) is 54.5 Å². The van der Waals surface area contributed by atoms with Crippen LogP contribution >= 0.6 is 0 Å². The number of carbonyl (C=O) groups is 1. The molecular weight excluding hydrogens is 290 g/mol. The monoisotopic (exact) mass is 319 g/mol. The smallest absolute Gasteiger partial charge is 0.229 e. The van der Waals surface area contributed by atoms with E-state index in [1.807, 2.05) is 33.8 Å². The van der Waals surface area contributed by atoms with Gasteiger partial charge in [-0.25, -0.2) is 4.98 Å². The number of hydrogen-bond donors (Lipinski definition) is 1. The van der Waals surface area contributed by atoms with Gasteiger partial charge in [0.15, 0.2) is 0 Å². The van der Waals surface area contributed by atoms with Crippen LogP contribution in [0.25, 0.3) is 0 Å². The fourth-order valence-electron chi connectivity index (χ4n) is 2.70. The van der Waals surface area contributed by atoms with Crippen LogP contribution in [0.4, 0.5) is 0 Å². The minimum absolute atomic E-state index is 0.0526. The van der Waals surface area contributed by atoms with Gasteiger partial charge in [0.2, 0.25) is 11.8 Å². The van der Waals surface area contributed by atoms with E-state index in [1.165, 1.54) is 0 Å². The van der Waals surface area contributed by atoms with E-state index >= 15 is 0 Å². The maximum atomic E-state index is 12.5. The number of aromatic nitrogens is 1. The highest BCUT2D eigenvalue weighted by Crippen LogP contribution is 2.21. The number of nitrogens with zero attached hydrogens (tertiary/aromatic N) is 2. The molecule has 0 aliphatic carbocycles. The molecule has 5 nitrogen and oxygen atoms in total. The lowest BCUT2D eigenvalue weighted by atomic mass is 9.92. The van der Waals surface area contributed by atoms with Crippen LogP contribution in [0.5, 0.6) is 5.88 Å². The molecule has 23 heavy (non-hydrogen) atoms. The van der Waals surface area contributed by atoms with Gasteiger partial charge in [-0.1, -0.05) is 0 Å². The van der Waals surface area contributed by atoms with Crippen LogP contribution in [0.15, 0.2) is 12.3 Å². The fraction of sp³-hybridized carbons (Fsp3) is 0.667. The summed E-state index contributed by atoms with van der Waals surface area (Å²) in [6.07, 6.45) is 3.81. The van der Waals surface area contributed by atoms with Crippen molar-refractivity contribution in [2.75, 3.05) is 26.7 Å². The summed E-state index contributed by atoms with van der Waals surface area (Å²) < 4.78 is 5.80. The molecule has 0 radical (unpaired) electrons. The molecule has 1 aromatic rings. The highest BCUT2D eigenvalue weighted by atomic mass is 16.5. The molecule has 5 heteroatoms. The lowest BCUT2D eigenvalue weighted by Gasteiger charge is -2.32. The average Bonchev–Trinajstić information content (AvgIpc) is 2.48. The number of pyridine rings is 1. The highest BCUT2D eigenvalue weighted by molar-refractivity contribution is 5.82. The first-order chi connectivity index (χ1) is 10.8. The summed E-state index contributed by atoms with van der Waals surface area (Å²) in [5.74, 6) is 0.660. The van der Waals surface area contributed by atoms with E-state index < -0.39 is 5.41 Å². The Bertz CT molecular complexity index is 549. The van der Waals surface area contributed by atoms with Crippen LogP contribution in [0.2, 0.25) is 0 Å². The lowest BCUT2D eigenvalue weighted by Crippen LogP contribution is -2.49. The predicted molar refractivity (Wildman–Crippen MR) is 91.6 cm³/mol. The van der Waals surface area contributed by atoms with Gasteiger partial charge in [-0.15, -0.1) is 0 Å². The number of aryl methyl sites for hydroxylation is 2. The molecule has 1 amide bonds. The Hall–Kier alpha value is -1.62. The number of rotatable bonds is 5. The van der Waals surface area contributed by atoms with Crippen molar-refractivity contribution in [3.63, 3.8) is 0 Å². The Balaban J connectivity index is 1.88. The van der Waals surface area contributed by atoms with E-state index in [0.717, 1.165) is 37.1 Å². The second-order valence-electron chi connectivity index (χ2n) is 7.36. The highest BCUT2D eigenvalue weighted by Gasteiger charge is 2.31. The third kappa shape index (κ3) is 4.93. The van der Waals surface area contributed by atoms with Crippen molar-refractivity contribution in [2.45, 2.75) is 46.6 Å². The summed E-state index contributed by atoms with van der Waals surface area (Å²) in [7, 11) is 2.12. The first-order valence-corrected chi connectivity index (χ1v) is 8.33. The number of likely N-dealkylation sites (tertiary alicyclic amines) is 1. The van der Waals surface area contributed by atoms with E-state index in [4.69, 9.17) is 4.74 Å². The van der Waals surface area contributed by atoms with E-state index in [1.54, 1.807) is 6.20 Å². The Morgan fingerprint density at radius 2 is 2.04 bits per heavy atom.